The maximum Gasteiger partial charge on any atom is 0.316 e. The van der Waals surface area contributed by atoms with E-state index < -0.39 is 9.84 Å². The van der Waals surface area contributed by atoms with E-state index in [1.165, 1.54) is 0 Å². The highest BCUT2D eigenvalue weighted by Gasteiger charge is 2.21. The van der Waals surface area contributed by atoms with Gasteiger partial charge >= 0.3 is 5.22 Å². The van der Waals surface area contributed by atoms with Crippen molar-refractivity contribution in [2.24, 2.45) is 0 Å². The maximum absolute atomic E-state index is 12.1. The minimum Gasteiger partial charge on any atom is -0.428 e. The highest BCUT2D eigenvalue weighted by atomic mass is 32.2. The normalized spacial score (nSPS) is 12.0. The highest BCUT2D eigenvalue weighted by molar-refractivity contribution is 7.91. The summed E-state index contributed by atoms with van der Waals surface area (Å²) in [5.74, 6) is -0.0811. The van der Waals surface area contributed by atoms with Gasteiger partial charge in [0.25, 0.3) is 0 Å². The predicted octanol–water partition coefficient (Wildman–Crippen LogP) is 1.24. The lowest BCUT2D eigenvalue weighted by Gasteiger charge is -2.02. The van der Waals surface area contributed by atoms with E-state index in [9.17, 15) is 8.42 Å². The second-order valence-electron chi connectivity index (χ2n) is 4.48. The fourth-order valence-corrected chi connectivity index (χ4v) is 2.87. The van der Waals surface area contributed by atoms with Gasteiger partial charge in [-0.25, -0.2) is 8.42 Å². The number of rotatable bonds is 8. The number of nitrogens with two attached hydrogens (primary N) is 1. The van der Waals surface area contributed by atoms with Crippen molar-refractivity contribution in [2.75, 3.05) is 38.4 Å². The van der Waals surface area contributed by atoms with E-state index in [1.807, 2.05) is 0 Å². The molecule has 21 heavy (non-hydrogen) atoms. The van der Waals surface area contributed by atoms with E-state index in [4.69, 9.17) is 19.6 Å². The third-order valence-electron chi connectivity index (χ3n) is 2.79. The molecule has 8 heteroatoms. The number of aromatic nitrogens is 1. The quantitative estimate of drug-likeness (QED) is 0.577. The fourth-order valence-electron chi connectivity index (χ4n) is 1.74. The second kappa shape index (κ2) is 6.88. The van der Waals surface area contributed by atoms with Crippen molar-refractivity contribution in [3.8, 4) is 0 Å². The third-order valence-corrected chi connectivity index (χ3v) is 4.32. The number of benzene rings is 1. The van der Waals surface area contributed by atoms with Gasteiger partial charge in [-0.2, -0.15) is 4.98 Å². The molecular weight excluding hydrogens is 296 g/mol. The van der Waals surface area contributed by atoms with Gasteiger partial charge in [-0.3, -0.25) is 0 Å². The van der Waals surface area contributed by atoms with E-state index in [0.717, 1.165) is 0 Å². The molecule has 0 radical (unpaired) electrons. The molecule has 0 saturated heterocycles. The molecule has 2 N–H and O–H groups in total. The van der Waals surface area contributed by atoms with Gasteiger partial charge in [0.2, 0.25) is 9.84 Å². The Morgan fingerprint density at radius 2 is 2.10 bits per heavy atom. The molecule has 0 bridgehead atoms. The van der Waals surface area contributed by atoms with Gasteiger partial charge in [-0.15, -0.1) is 0 Å². The molecule has 0 unspecified atom stereocenters. The first-order valence-corrected chi connectivity index (χ1v) is 8.13. The molecule has 0 aliphatic rings. The van der Waals surface area contributed by atoms with E-state index in [2.05, 4.69) is 4.98 Å². The van der Waals surface area contributed by atoms with Crippen molar-refractivity contribution in [2.45, 2.75) is 11.6 Å². The number of sulfone groups is 1. The average Bonchev–Trinajstić information content (AvgIpc) is 2.86. The molecule has 0 aliphatic heterocycles. The smallest absolute Gasteiger partial charge is 0.316 e. The maximum atomic E-state index is 12.1. The van der Waals surface area contributed by atoms with Crippen molar-refractivity contribution in [1.29, 1.82) is 0 Å². The minimum absolute atomic E-state index is 0.0811. The number of hydrogen-bond donors (Lipinski definition) is 1. The average molecular weight is 314 g/mol. The molecule has 7 nitrogen and oxygen atoms in total. The summed E-state index contributed by atoms with van der Waals surface area (Å²) in [6, 6.07) is 4.81. The van der Waals surface area contributed by atoms with Gasteiger partial charge in [0.1, 0.15) is 5.52 Å². The number of fused-ring (bicyclic) bond motifs is 1. The van der Waals surface area contributed by atoms with Crippen LogP contribution in [0.2, 0.25) is 0 Å². The topological polar surface area (TPSA) is 105 Å². The number of anilines is 1. The summed E-state index contributed by atoms with van der Waals surface area (Å²) in [7, 11) is -1.98. The largest absolute Gasteiger partial charge is 0.428 e. The lowest BCUT2D eigenvalue weighted by atomic mass is 10.3. The Morgan fingerprint density at radius 3 is 2.86 bits per heavy atom. The molecule has 1 heterocycles. The molecule has 1 aromatic heterocycles. The van der Waals surface area contributed by atoms with Crippen LogP contribution in [0.1, 0.15) is 6.42 Å². The first kappa shape index (κ1) is 15.7. The van der Waals surface area contributed by atoms with Gasteiger partial charge in [-0.1, -0.05) is 0 Å². The molecule has 0 aliphatic carbocycles. The Labute approximate surface area is 123 Å². The Morgan fingerprint density at radius 1 is 1.29 bits per heavy atom. The molecule has 0 fully saturated rings. The minimum atomic E-state index is -3.56. The summed E-state index contributed by atoms with van der Waals surface area (Å²) in [6.45, 7) is 1.27. The van der Waals surface area contributed by atoms with Crippen LogP contribution in [0.25, 0.3) is 11.1 Å². The zero-order valence-electron chi connectivity index (χ0n) is 11.7. The van der Waals surface area contributed by atoms with Crippen molar-refractivity contribution in [1.82, 2.24) is 4.98 Å². The van der Waals surface area contributed by atoms with Gasteiger partial charge < -0.3 is 19.6 Å². The second-order valence-corrected chi connectivity index (χ2v) is 6.47. The lowest BCUT2D eigenvalue weighted by molar-refractivity contribution is 0.0712. The molecule has 0 amide bonds. The summed E-state index contributed by atoms with van der Waals surface area (Å²) in [6.07, 6.45) is 0.368. The first-order valence-electron chi connectivity index (χ1n) is 6.48. The number of methoxy groups -OCH3 is 1. The van der Waals surface area contributed by atoms with Crippen LogP contribution in [0.5, 0.6) is 0 Å². The summed E-state index contributed by atoms with van der Waals surface area (Å²) in [5, 5.41) is -0.278. The van der Waals surface area contributed by atoms with Gasteiger partial charge in [0, 0.05) is 19.4 Å². The number of nitrogen functional groups attached to an aromatic ring is 1. The van der Waals surface area contributed by atoms with Gasteiger partial charge in [-0.05, 0) is 24.6 Å². The fraction of sp³-hybridized carbons (Fsp3) is 0.462. The summed E-state index contributed by atoms with van der Waals surface area (Å²) in [5.41, 5.74) is 6.97. The Bertz CT molecular complexity index is 696. The predicted molar refractivity (Wildman–Crippen MR) is 77.8 cm³/mol. The Balaban J connectivity index is 1.97. The van der Waals surface area contributed by atoms with Gasteiger partial charge in [0.15, 0.2) is 5.58 Å². The van der Waals surface area contributed by atoms with Crippen LogP contribution < -0.4 is 5.73 Å². The lowest BCUT2D eigenvalue weighted by Crippen LogP contribution is -2.11. The van der Waals surface area contributed by atoms with Crippen molar-refractivity contribution in [3.05, 3.63) is 18.2 Å². The number of hydrogen-bond acceptors (Lipinski definition) is 7. The third kappa shape index (κ3) is 4.16. The summed E-state index contributed by atoms with van der Waals surface area (Å²) >= 11 is 0. The molecular formula is C13H18N2O5S. The monoisotopic (exact) mass is 314 g/mol. The zero-order valence-corrected chi connectivity index (χ0v) is 12.6. The molecule has 116 valence electrons. The van der Waals surface area contributed by atoms with Crippen LogP contribution in [0.15, 0.2) is 27.8 Å². The standard InChI is InChI=1S/C13H18N2O5S/c1-18-6-7-19-5-2-8-21(16,17)13-15-11-9-10(14)3-4-12(11)20-13/h3-4,9H,2,5-8,14H2,1H3. The molecule has 0 atom stereocenters. The van der Waals surface area contributed by atoms with Gasteiger partial charge in [0.05, 0.1) is 19.0 Å². The molecule has 2 rings (SSSR count). The molecule has 0 spiro atoms. The van der Waals surface area contributed by atoms with Crippen LogP contribution in [0.3, 0.4) is 0 Å². The number of nitrogens with zero attached hydrogens (tertiary/aromatic N) is 1. The Kier molecular flexibility index (Phi) is 5.16. The summed E-state index contributed by atoms with van der Waals surface area (Å²) in [4.78, 5) is 3.98. The van der Waals surface area contributed by atoms with E-state index in [-0.39, 0.29) is 11.0 Å². The number of ether oxygens (including phenoxy) is 2. The van der Waals surface area contributed by atoms with Crippen molar-refractivity contribution >= 4 is 26.6 Å². The number of oxazole rings is 1. The van der Waals surface area contributed by atoms with Crippen LogP contribution in [-0.2, 0) is 19.3 Å². The van der Waals surface area contributed by atoms with Crippen LogP contribution in [0.4, 0.5) is 5.69 Å². The SMILES string of the molecule is COCCOCCCS(=O)(=O)c1nc2cc(N)ccc2o1. The molecule has 1 aromatic carbocycles. The van der Waals surface area contributed by atoms with Crippen molar-refractivity contribution < 1.29 is 22.3 Å². The molecule has 2 aromatic rings. The van der Waals surface area contributed by atoms with Crippen molar-refractivity contribution in [3.63, 3.8) is 0 Å². The highest BCUT2D eigenvalue weighted by Crippen LogP contribution is 2.21. The zero-order chi connectivity index (χ0) is 15.3. The van der Waals surface area contributed by atoms with E-state index in [1.54, 1.807) is 25.3 Å². The van der Waals surface area contributed by atoms with E-state index in [0.29, 0.717) is 43.0 Å². The van der Waals surface area contributed by atoms with Crippen LogP contribution in [-0.4, -0.2) is 46.1 Å². The summed E-state index contributed by atoms with van der Waals surface area (Å²) < 4.78 is 39.5. The van der Waals surface area contributed by atoms with Crippen LogP contribution in [0, 0.1) is 0 Å². The molecule has 0 saturated carbocycles. The van der Waals surface area contributed by atoms with E-state index >= 15 is 0 Å². The Hall–Kier alpha value is -1.64. The van der Waals surface area contributed by atoms with Crippen LogP contribution >= 0.6 is 0 Å². The first-order chi connectivity index (χ1) is 10.0.